The van der Waals surface area contributed by atoms with Crippen LogP contribution in [-0.4, -0.2) is 23.0 Å². The molecule has 19 heavy (non-hydrogen) atoms. The molecule has 2 aromatic rings. The van der Waals surface area contributed by atoms with Crippen LogP contribution in [-0.2, 0) is 0 Å². The lowest BCUT2D eigenvalue weighted by atomic mass is 10.1. The van der Waals surface area contributed by atoms with E-state index in [2.05, 4.69) is 10.3 Å². The summed E-state index contributed by atoms with van der Waals surface area (Å²) in [4.78, 5) is 16.5. The van der Waals surface area contributed by atoms with Crippen molar-refractivity contribution in [2.45, 2.75) is 32.4 Å². The molecule has 4 heteroatoms. The number of benzene rings is 1. The zero-order valence-electron chi connectivity index (χ0n) is 11.3. The number of pyridine rings is 1. The molecular formula is C15H19N3O. The fourth-order valence-electron chi connectivity index (χ4n) is 2.22. The summed E-state index contributed by atoms with van der Waals surface area (Å²) in [5, 5.41) is 3.84. The van der Waals surface area contributed by atoms with Gasteiger partial charge in [-0.05, 0) is 38.5 Å². The lowest BCUT2D eigenvalue weighted by molar-refractivity contribution is 0.0939. The number of nitrogens with two attached hydrogens (primary N) is 1. The predicted molar refractivity (Wildman–Crippen MR) is 76.9 cm³/mol. The summed E-state index contributed by atoms with van der Waals surface area (Å²) in [5.74, 6) is -0.0771. The molecule has 2 rings (SSSR count). The van der Waals surface area contributed by atoms with Gasteiger partial charge in [0.05, 0.1) is 5.52 Å². The first-order chi connectivity index (χ1) is 9.08. The van der Waals surface area contributed by atoms with Crippen LogP contribution in [0.1, 0.15) is 30.6 Å². The summed E-state index contributed by atoms with van der Waals surface area (Å²) in [6.45, 7) is 3.90. The van der Waals surface area contributed by atoms with Gasteiger partial charge in [0.1, 0.15) is 0 Å². The molecule has 0 fully saturated rings. The standard InChI is InChI=1S/C15H19N3O/c1-10(16)9-11(2)18-15(19)13-5-3-7-14-12(13)6-4-8-17-14/h3-8,10-11H,9,16H2,1-2H3,(H,18,19). The van der Waals surface area contributed by atoms with Gasteiger partial charge in [-0.1, -0.05) is 12.1 Å². The van der Waals surface area contributed by atoms with Gasteiger partial charge >= 0.3 is 0 Å². The molecule has 0 aliphatic carbocycles. The quantitative estimate of drug-likeness (QED) is 0.881. The predicted octanol–water partition coefficient (Wildman–Crippen LogP) is 2.09. The van der Waals surface area contributed by atoms with Gasteiger partial charge in [-0.3, -0.25) is 9.78 Å². The van der Waals surface area contributed by atoms with Gasteiger partial charge < -0.3 is 11.1 Å². The van der Waals surface area contributed by atoms with Crippen LogP contribution in [0.2, 0.25) is 0 Å². The normalized spacial score (nSPS) is 14.1. The number of carbonyl (C=O) groups is 1. The first-order valence-corrected chi connectivity index (χ1v) is 6.48. The van der Waals surface area contributed by atoms with Crippen molar-refractivity contribution < 1.29 is 4.79 Å². The summed E-state index contributed by atoms with van der Waals surface area (Å²) >= 11 is 0. The maximum atomic E-state index is 12.3. The van der Waals surface area contributed by atoms with E-state index in [0.717, 1.165) is 17.3 Å². The first-order valence-electron chi connectivity index (χ1n) is 6.48. The van der Waals surface area contributed by atoms with Gasteiger partial charge in [-0.25, -0.2) is 0 Å². The molecule has 0 spiro atoms. The number of fused-ring (bicyclic) bond motifs is 1. The molecule has 0 aliphatic heterocycles. The molecule has 100 valence electrons. The number of nitrogens with zero attached hydrogens (tertiary/aromatic N) is 1. The van der Waals surface area contributed by atoms with Crippen LogP contribution in [0.4, 0.5) is 0 Å². The molecule has 0 saturated carbocycles. The van der Waals surface area contributed by atoms with Crippen molar-refractivity contribution in [1.82, 2.24) is 10.3 Å². The average Bonchev–Trinajstić information content (AvgIpc) is 2.36. The van der Waals surface area contributed by atoms with Crippen molar-refractivity contribution in [2.24, 2.45) is 5.73 Å². The van der Waals surface area contributed by atoms with E-state index >= 15 is 0 Å². The second-order valence-corrected chi connectivity index (χ2v) is 4.96. The van der Waals surface area contributed by atoms with Crippen LogP contribution in [0.5, 0.6) is 0 Å². The van der Waals surface area contributed by atoms with Crippen molar-refractivity contribution >= 4 is 16.8 Å². The number of carbonyl (C=O) groups excluding carboxylic acids is 1. The van der Waals surface area contributed by atoms with E-state index in [1.54, 1.807) is 6.20 Å². The highest BCUT2D eigenvalue weighted by molar-refractivity contribution is 6.06. The van der Waals surface area contributed by atoms with E-state index in [9.17, 15) is 4.79 Å². The van der Waals surface area contributed by atoms with Gasteiger partial charge in [0.25, 0.3) is 5.91 Å². The van der Waals surface area contributed by atoms with Crippen LogP contribution in [0.25, 0.3) is 10.9 Å². The number of nitrogens with one attached hydrogen (secondary N) is 1. The Balaban J connectivity index is 2.22. The number of rotatable bonds is 4. The zero-order chi connectivity index (χ0) is 13.8. The number of amides is 1. The van der Waals surface area contributed by atoms with Crippen LogP contribution >= 0.6 is 0 Å². The topological polar surface area (TPSA) is 68.0 Å². The number of hydrogen-bond acceptors (Lipinski definition) is 3. The molecule has 3 N–H and O–H groups in total. The van der Waals surface area contributed by atoms with Gasteiger partial charge in [0.2, 0.25) is 0 Å². The molecule has 2 atom stereocenters. The van der Waals surface area contributed by atoms with Crippen molar-refractivity contribution in [1.29, 1.82) is 0 Å². The van der Waals surface area contributed by atoms with Crippen molar-refractivity contribution in [2.75, 3.05) is 0 Å². The third kappa shape index (κ3) is 3.29. The summed E-state index contributed by atoms with van der Waals surface area (Å²) in [6, 6.07) is 9.44. The fraction of sp³-hybridized carbons (Fsp3) is 0.333. The summed E-state index contributed by atoms with van der Waals surface area (Å²) in [7, 11) is 0. The minimum Gasteiger partial charge on any atom is -0.350 e. The monoisotopic (exact) mass is 257 g/mol. The van der Waals surface area contributed by atoms with E-state index in [-0.39, 0.29) is 18.0 Å². The largest absolute Gasteiger partial charge is 0.350 e. The second kappa shape index (κ2) is 5.80. The summed E-state index contributed by atoms with van der Waals surface area (Å²) in [6.07, 6.45) is 2.48. The SMILES string of the molecule is CC(N)CC(C)NC(=O)c1cccc2ncccc12. The third-order valence-corrected chi connectivity index (χ3v) is 2.99. The summed E-state index contributed by atoms with van der Waals surface area (Å²) in [5.41, 5.74) is 7.22. The van der Waals surface area contributed by atoms with E-state index in [1.807, 2.05) is 44.2 Å². The van der Waals surface area contributed by atoms with E-state index in [1.165, 1.54) is 0 Å². The molecule has 0 aliphatic rings. The van der Waals surface area contributed by atoms with Crippen LogP contribution in [0, 0.1) is 0 Å². The smallest absolute Gasteiger partial charge is 0.252 e. The molecule has 0 bridgehead atoms. The molecule has 4 nitrogen and oxygen atoms in total. The van der Waals surface area contributed by atoms with Crippen molar-refractivity contribution in [3.8, 4) is 0 Å². The van der Waals surface area contributed by atoms with E-state index < -0.39 is 0 Å². The first kappa shape index (κ1) is 13.5. The van der Waals surface area contributed by atoms with Crippen molar-refractivity contribution in [3.63, 3.8) is 0 Å². The highest BCUT2D eigenvalue weighted by Gasteiger charge is 2.13. The molecular weight excluding hydrogens is 238 g/mol. The van der Waals surface area contributed by atoms with Gasteiger partial charge in [-0.15, -0.1) is 0 Å². The maximum absolute atomic E-state index is 12.3. The molecule has 1 aromatic carbocycles. The molecule has 2 unspecified atom stereocenters. The van der Waals surface area contributed by atoms with E-state index in [4.69, 9.17) is 5.73 Å². The maximum Gasteiger partial charge on any atom is 0.252 e. The minimum absolute atomic E-state index is 0.0550. The Hall–Kier alpha value is -1.94. The van der Waals surface area contributed by atoms with Crippen LogP contribution in [0.15, 0.2) is 36.5 Å². The fourth-order valence-corrected chi connectivity index (χ4v) is 2.22. The highest BCUT2D eigenvalue weighted by Crippen LogP contribution is 2.16. The van der Waals surface area contributed by atoms with Gasteiger partial charge in [-0.2, -0.15) is 0 Å². The van der Waals surface area contributed by atoms with Gasteiger partial charge in [0.15, 0.2) is 0 Å². The summed E-state index contributed by atoms with van der Waals surface area (Å²) < 4.78 is 0. The molecule has 0 saturated heterocycles. The molecule has 1 aromatic heterocycles. The number of hydrogen-bond donors (Lipinski definition) is 2. The molecule has 1 amide bonds. The lowest BCUT2D eigenvalue weighted by Gasteiger charge is -2.16. The lowest BCUT2D eigenvalue weighted by Crippen LogP contribution is -2.36. The highest BCUT2D eigenvalue weighted by atomic mass is 16.1. The molecule has 1 heterocycles. The van der Waals surface area contributed by atoms with Crippen LogP contribution < -0.4 is 11.1 Å². The Labute approximate surface area is 113 Å². The van der Waals surface area contributed by atoms with Gasteiger partial charge in [0, 0.05) is 29.2 Å². The Bertz CT molecular complexity index is 575. The number of aromatic nitrogens is 1. The third-order valence-electron chi connectivity index (χ3n) is 2.99. The Morgan fingerprint density at radius 2 is 2.11 bits per heavy atom. The van der Waals surface area contributed by atoms with Crippen LogP contribution in [0.3, 0.4) is 0 Å². The second-order valence-electron chi connectivity index (χ2n) is 4.96. The Morgan fingerprint density at radius 3 is 2.84 bits per heavy atom. The zero-order valence-corrected chi connectivity index (χ0v) is 11.3. The minimum atomic E-state index is -0.0771. The average molecular weight is 257 g/mol. The van der Waals surface area contributed by atoms with E-state index in [0.29, 0.717) is 5.56 Å². The van der Waals surface area contributed by atoms with Crippen molar-refractivity contribution in [3.05, 3.63) is 42.1 Å². The molecule has 0 radical (unpaired) electrons. The Morgan fingerprint density at radius 1 is 1.32 bits per heavy atom. The Kier molecular flexibility index (Phi) is 4.12.